The Morgan fingerprint density at radius 1 is 1.43 bits per heavy atom. The molecule has 0 bridgehead atoms. The number of carbonyl (C=O) groups is 1. The van der Waals surface area contributed by atoms with Crippen molar-refractivity contribution in [1.29, 1.82) is 5.26 Å². The van der Waals surface area contributed by atoms with Crippen LogP contribution in [0.3, 0.4) is 0 Å². The number of halogens is 1. The number of hydrogen-bond acceptors (Lipinski definition) is 5. The smallest absolute Gasteiger partial charge is 0.288 e. The molecule has 0 radical (unpaired) electrons. The Kier molecular flexibility index (Phi) is 5.46. The van der Waals surface area contributed by atoms with Crippen LogP contribution in [0.4, 0.5) is 10.7 Å². The number of nitriles is 1. The topological polar surface area (TPSA) is 96.0 Å². The Balaban J connectivity index is 1.89. The first-order valence-corrected chi connectivity index (χ1v) is 10.1. The number of nitro groups is 1. The molecule has 3 rings (SSSR count). The summed E-state index contributed by atoms with van der Waals surface area (Å²) < 4.78 is 0. The molecular weight excluding hydrogens is 398 g/mol. The number of nitrogens with zero attached hydrogens (tertiary/aromatic N) is 2. The lowest BCUT2D eigenvalue weighted by Crippen LogP contribution is -2.26. The molecule has 0 fully saturated rings. The number of benzene rings is 1. The summed E-state index contributed by atoms with van der Waals surface area (Å²) >= 11 is 7.24. The van der Waals surface area contributed by atoms with Gasteiger partial charge in [-0.3, -0.25) is 14.9 Å². The second-order valence-corrected chi connectivity index (χ2v) is 9.52. The fourth-order valence-corrected chi connectivity index (χ4v) is 4.96. The second kappa shape index (κ2) is 7.53. The first-order valence-electron chi connectivity index (χ1n) is 8.91. The number of amides is 1. The van der Waals surface area contributed by atoms with E-state index in [9.17, 15) is 20.2 Å². The van der Waals surface area contributed by atoms with Crippen molar-refractivity contribution < 1.29 is 9.72 Å². The van der Waals surface area contributed by atoms with Crippen LogP contribution in [0.25, 0.3) is 0 Å². The molecule has 146 valence electrons. The summed E-state index contributed by atoms with van der Waals surface area (Å²) in [5, 5.41) is 23.9. The summed E-state index contributed by atoms with van der Waals surface area (Å²) in [5.41, 5.74) is 1.50. The van der Waals surface area contributed by atoms with Crippen LogP contribution in [-0.4, -0.2) is 10.8 Å². The molecule has 1 aromatic heterocycles. The molecule has 0 saturated carbocycles. The summed E-state index contributed by atoms with van der Waals surface area (Å²) in [6.07, 6.45) is 2.72. The zero-order valence-corrected chi connectivity index (χ0v) is 17.4. The molecule has 0 unspecified atom stereocenters. The predicted molar refractivity (Wildman–Crippen MR) is 110 cm³/mol. The third kappa shape index (κ3) is 3.89. The Hall–Kier alpha value is -2.43. The van der Waals surface area contributed by atoms with Gasteiger partial charge in [-0.05, 0) is 48.3 Å². The summed E-state index contributed by atoms with van der Waals surface area (Å²) in [6.45, 7) is 6.66. The van der Waals surface area contributed by atoms with E-state index in [2.05, 4.69) is 32.2 Å². The highest BCUT2D eigenvalue weighted by atomic mass is 35.5. The van der Waals surface area contributed by atoms with E-state index in [1.54, 1.807) is 0 Å². The van der Waals surface area contributed by atoms with Gasteiger partial charge in [0, 0.05) is 16.5 Å². The van der Waals surface area contributed by atoms with Gasteiger partial charge in [0.1, 0.15) is 16.1 Å². The Labute approximate surface area is 172 Å². The zero-order valence-electron chi connectivity index (χ0n) is 15.8. The molecule has 6 nitrogen and oxygen atoms in total. The minimum atomic E-state index is -0.629. The van der Waals surface area contributed by atoms with Crippen LogP contribution in [0.5, 0.6) is 0 Å². The molecule has 1 N–H and O–H groups in total. The summed E-state index contributed by atoms with van der Waals surface area (Å²) in [5.74, 6) is 0.0231. The zero-order chi connectivity index (χ0) is 20.6. The minimum Gasteiger partial charge on any atom is -0.312 e. The highest BCUT2D eigenvalue weighted by molar-refractivity contribution is 7.16. The van der Waals surface area contributed by atoms with Gasteiger partial charge in [0.25, 0.3) is 11.6 Å². The van der Waals surface area contributed by atoms with E-state index in [-0.39, 0.29) is 21.7 Å². The summed E-state index contributed by atoms with van der Waals surface area (Å²) in [7, 11) is 0. The van der Waals surface area contributed by atoms with Crippen LogP contribution in [0.2, 0.25) is 5.02 Å². The average molecular weight is 418 g/mol. The van der Waals surface area contributed by atoms with Crippen LogP contribution in [0, 0.1) is 32.8 Å². The van der Waals surface area contributed by atoms with Crippen molar-refractivity contribution in [2.45, 2.75) is 40.0 Å². The number of nitro benzene ring substituents is 1. The van der Waals surface area contributed by atoms with Crippen molar-refractivity contribution >= 4 is 39.5 Å². The minimum absolute atomic E-state index is 0.0286. The summed E-state index contributed by atoms with van der Waals surface area (Å²) in [6, 6.07) is 6.12. The molecule has 8 heteroatoms. The number of carbonyl (C=O) groups excluding carboxylic acids is 1. The molecule has 0 saturated heterocycles. The lowest BCUT2D eigenvalue weighted by Gasteiger charge is -2.33. The normalized spacial score (nSPS) is 16.2. The predicted octanol–water partition coefficient (Wildman–Crippen LogP) is 5.58. The van der Waals surface area contributed by atoms with Crippen LogP contribution in [0.1, 0.15) is 53.6 Å². The number of anilines is 1. The van der Waals surface area contributed by atoms with Gasteiger partial charge >= 0.3 is 0 Å². The van der Waals surface area contributed by atoms with Gasteiger partial charge in [0.2, 0.25) is 0 Å². The highest BCUT2D eigenvalue weighted by Gasteiger charge is 2.32. The van der Waals surface area contributed by atoms with Gasteiger partial charge in [0.05, 0.1) is 10.5 Å². The molecule has 1 heterocycles. The van der Waals surface area contributed by atoms with E-state index in [0.717, 1.165) is 35.8 Å². The van der Waals surface area contributed by atoms with Gasteiger partial charge in [-0.2, -0.15) is 5.26 Å². The van der Waals surface area contributed by atoms with Crippen LogP contribution >= 0.6 is 22.9 Å². The first kappa shape index (κ1) is 20.3. The average Bonchev–Trinajstić information content (AvgIpc) is 2.97. The quantitative estimate of drug-likeness (QED) is 0.520. The van der Waals surface area contributed by atoms with Gasteiger partial charge in [0.15, 0.2) is 0 Å². The maximum Gasteiger partial charge on any atom is 0.288 e. The van der Waals surface area contributed by atoms with Crippen molar-refractivity contribution in [3.63, 3.8) is 0 Å². The van der Waals surface area contributed by atoms with E-state index in [1.807, 2.05) is 0 Å². The Morgan fingerprint density at radius 2 is 2.14 bits per heavy atom. The highest BCUT2D eigenvalue weighted by Crippen LogP contribution is 2.44. The maximum atomic E-state index is 12.6. The molecule has 1 amide bonds. The van der Waals surface area contributed by atoms with Crippen LogP contribution in [-0.2, 0) is 12.8 Å². The van der Waals surface area contributed by atoms with Crippen molar-refractivity contribution in [1.82, 2.24) is 0 Å². The SMILES string of the molecule is CC(C)(C)[C@@H]1CCc2c(sc(NC(=O)c3ccc(Cl)c([N+](=O)[O-])c3)c2C#N)C1. The van der Waals surface area contributed by atoms with E-state index in [4.69, 9.17) is 11.6 Å². The third-order valence-corrected chi connectivity index (χ3v) is 6.72. The van der Waals surface area contributed by atoms with E-state index in [0.29, 0.717) is 16.5 Å². The molecule has 2 aromatic rings. The lowest BCUT2D eigenvalue weighted by molar-refractivity contribution is -0.384. The molecule has 0 spiro atoms. The largest absolute Gasteiger partial charge is 0.312 e. The monoisotopic (exact) mass is 417 g/mol. The fourth-order valence-electron chi connectivity index (χ4n) is 3.50. The molecule has 28 heavy (non-hydrogen) atoms. The molecule has 1 atom stereocenters. The number of rotatable bonds is 3. The van der Waals surface area contributed by atoms with Gasteiger partial charge in [-0.1, -0.05) is 32.4 Å². The molecule has 1 aromatic carbocycles. The lowest BCUT2D eigenvalue weighted by atomic mass is 9.72. The first-order chi connectivity index (χ1) is 13.1. The maximum absolute atomic E-state index is 12.6. The number of hydrogen-bond donors (Lipinski definition) is 1. The van der Waals surface area contributed by atoms with Crippen molar-refractivity contribution in [2.24, 2.45) is 11.3 Å². The fraction of sp³-hybridized carbons (Fsp3) is 0.400. The van der Waals surface area contributed by atoms with Crippen molar-refractivity contribution in [3.05, 3.63) is 54.9 Å². The number of nitrogens with one attached hydrogen (secondary N) is 1. The molecular formula is C20H20ClN3O3S. The standard InChI is InChI=1S/C20H20ClN3O3S/c1-20(2,3)12-5-6-13-14(10-22)19(28-17(13)9-12)23-18(25)11-4-7-15(21)16(8-11)24(26)27/h4,7-8,12H,5-6,9H2,1-3H3,(H,23,25)/t12-/m1/s1. The Morgan fingerprint density at radius 3 is 2.75 bits per heavy atom. The van der Waals surface area contributed by atoms with Crippen molar-refractivity contribution in [2.75, 3.05) is 5.32 Å². The van der Waals surface area contributed by atoms with E-state index < -0.39 is 10.8 Å². The summed E-state index contributed by atoms with van der Waals surface area (Å²) in [4.78, 5) is 24.2. The number of fused-ring (bicyclic) bond motifs is 1. The third-order valence-electron chi connectivity index (χ3n) is 5.23. The second-order valence-electron chi connectivity index (χ2n) is 8.00. The molecule has 1 aliphatic rings. The van der Waals surface area contributed by atoms with E-state index >= 15 is 0 Å². The van der Waals surface area contributed by atoms with Crippen molar-refractivity contribution in [3.8, 4) is 6.07 Å². The molecule has 0 aliphatic heterocycles. The van der Waals surface area contributed by atoms with Crippen LogP contribution < -0.4 is 5.32 Å². The van der Waals surface area contributed by atoms with Gasteiger partial charge < -0.3 is 5.32 Å². The van der Waals surface area contributed by atoms with Gasteiger partial charge in [-0.25, -0.2) is 0 Å². The van der Waals surface area contributed by atoms with E-state index in [1.165, 1.54) is 23.5 Å². The van der Waals surface area contributed by atoms with Crippen LogP contribution in [0.15, 0.2) is 18.2 Å². The Bertz CT molecular complexity index is 1000. The number of thiophene rings is 1. The molecule has 1 aliphatic carbocycles. The van der Waals surface area contributed by atoms with Gasteiger partial charge in [-0.15, -0.1) is 11.3 Å².